The first-order valence-corrected chi connectivity index (χ1v) is 5.39. The second-order valence-electron chi connectivity index (χ2n) is 3.48. The van der Waals surface area contributed by atoms with Crippen molar-refractivity contribution >= 4 is 34.9 Å². The average Bonchev–Trinajstić information content (AvgIpc) is 2.16. The maximum Gasteiger partial charge on any atom is 0.280 e. The topological polar surface area (TPSA) is 32.7 Å². The number of hydrogen-bond donors (Lipinski definition) is 0. The Morgan fingerprint density at radius 3 is 2.44 bits per heavy atom. The highest BCUT2D eigenvalue weighted by Crippen LogP contribution is 2.21. The molecule has 0 unspecified atom stereocenters. The van der Waals surface area contributed by atoms with Crippen LogP contribution >= 0.6 is 23.2 Å². The van der Waals surface area contributed by atoms with Crippen LogP contribution in [0.5, 0.6) is 0 Å². The number of carbonyl (C=O) groups excluding carboxylic acids is 1. The maximum absolute atomic E-state index is 11.7. The van der Waals surface area contributed by atoms with Crippen molar-refractivity contribution in [3.8, 4) is 0 Å². The van der Waals surface area contributed by atoms with Gasteiger partial charge in [0, 0.05) is 19.1 Å². The molecule has 0 heterocycles. The largest absolute Gasteiger partial charge is 0.366 e. The molecule has 0 bridgehead atoms. The van der Waals surface area contributed by atoms with Crippen LogP contribution in [-0.2, 0) is 0 Å². The molecular formula is C11H12Cl2N2O. The van der Waals surface area contributed by atoms with Crippen molar-refractivity contribution in [2.24, 2.45) is 4.99 Å². The molecule has 3 nitrogen and oxygen atoms in total. The molecule has 1 rings (SSSR count). The van der Waals surface area contributed by atoms with Crippen LogP contribution in [0.2, 0.25) is 10.0 Å². The lowest BCUT2D eigenvalue weighted by Crippen LogP contribution is -2.19. The van der Waals surface area contributed by atoms with Crippen LogP contribution in [0, 0.1) is 0 Å². The predicted octanol–water partition coefficient (Wildman–Crippen LogP) is 3.11. The molecular weight excluding hydrogens is 247 g/mol. The number of benzene rings is 1. The first-order valence-electron chi connectivity index (χ1n) is 4.64. The van der Waals surface area contributed by atoms with Gasteiger partial charge in [-0.1, -0.05) is 23.2 Å². The SMILES string of the molecule is C/C(=N\C(=O)c1ccc(Cl)cc1Cl)N(C)C. The highest BCUT2D eigenvalue weighted by Gasteiger charge is 2.10. The van der Waals surface area contributed by atoms with E-state index in [0.717, 1.165) is 0 Å². The number of aliphatic imine (C=N–C) groups is 1. The van der Waals surface area contributed by atoms with Gasteiger partial charge in [-0.15, -0.1) is 0 Å². The van der Waals surface area contributed by atoms with E-state index in [1.807, 2.05) is 14.1 Å². The minimum atomic E-state index is -0.368. The van der Waals surface area contributed by atoms with E-state index in [4.69, 9.17) is 23.2 Å². The minimum absolute atomic E-state index is 0.313. The summed E-state index contributed by atoms with van der Waals surface area (Å²) in [4.78, 5) is 17.4. The summed E-state index contributed by atoms with van der Waals surface area (Å²) in [6.07, 6.45) is 0. The zero-order valence-corrected chi connectivity index (χ0v) is 10.8. The van der Waals surface area contributed by atoms with Crippen molar-refractivity contribution in [1.29, 1.82) is 0 Å². The molecule has 0 saturated heterocycles. The summed E-state index contributed by atoms with van der Waals surface area (Å²) in [5, 5.41) is 0.808. The molecule has 0 aliphatic heterocycles. The van der Waals surface area contributed by atoms with Gasteiger partial charge in [0.25, 0.3) is 5.91 Å². The van der Waals surface area contributed by atoms with Crippen molar-refractivity contribution < 1.29 is 4.79 Å². The summed E-state index contributed by atoms with van der Waals surface area (Å²) in [6.45, 7) is 1.75. The van der Waals surface area contributed by atoms with E-state index in [-0.39, 0.29) is 5.91 Å². The molecule has 1 amide bonds. The summed E-state index contributed by atoms with van der Waals surface area (Å²) in [6, 6.07) is 4.71. The van der Waals surface area contributed by atoms with Gasteiger partial charge in [-0.2, -0.15) is 4.99 Å². The maximum atomic E-state index is 11.7. The van der Waals surface area contributed by atoms with Gasteiger partial charge in [0.2, 0.25) is 0 Å². The van der Waals surface area contributed by atoms with Crippen LogP contribution in [0.15, 0.2) is 23.2 Å². The normalized spacial score (nSPS) is 11.4. The molecule has 0 spiro atoms. The predicted molar refractivity (Wildman–Crippen MR) is 67.6 cm³/mol. The fourth-order valence-corrected chi connectivity index (χ4v) is 1.46. The van der Waals surface area contributed by atoms with Crippen LogP contribution in [0.3, 0.4) is 0 Å². The Bertz CT molecular complexity index is 442. The Kier molecular flexibility index (Phi) is 4.33. The standard InChI is InChI=1S/C11H12Cl2N2O/c1-7(15(2)3)14-11(16)9-5-4-8(12)6-10(9)13/h4-6H,1-3H3/b14-7+. The third-order valence-electron chi connectivity index (χ3n) is 2.07. The summed E-state index contributed by atoms with van der Waals surface area (Å²) < 4.78 is 0. The molecule has 1 aromatic rings. The molecule has 1 aromatic carbocycles. The van der Waals surface area contributed by atoms with E-state index < -0.39 is 0 Å². The Morgan fingerprint density at radius 1 is 1.31 bits per heavy atom. The fraction of sp³-hybridized carbons (Fsp3) is 0.273. The number of amides is 1. The Hall–Kier alpha value is -1.06. The molecule has 0 aromatic heterocycles. The van der Waals surface area contributed by atoms with Crippen LogP contribution < -0.4 is 0 Å². The summed E-state index contributed by atoms with van der Waals surface area (Å²) >= 11 is 11.6. The highest BCUT2D eigenvalue weighted by molar-refractivity contribution is 6.36. The second kappa shape index (κ2) is 5.32. The highest BCUT2D eigenvalue weighted by atomic mass is 35.5. The lowest BCUT2D eigenvalue weighted by atomic mass is 10.2. The summed E-state index contributed by atoms with van der Waals surface area (Å²) in [5.41, 5.74) is 0.354. The van der Waals surface area contributed by atoms with Gasteiger partial charge in [-0.3, -0.25) is 4.79 Å². The molecule has 0 atom stereocenters. The zero-order chi connectivity index (χ0) is 12.3. The lowest BCUT2D eigenvalue weighted by molar-refractivity contribution is 0.100. The van der Waals surface area contributed by atoms with E-state index in [0.29, 0.717) is 21.4 Å². The molecule has 5 heteroatoms. The van der Waals surface area contributed by atoms with Gasteiger partial charge in [-0.05, 0) is 25.1 Å². The van der Waals surface area contributed by atoms with E-state index in [2.05, 4.69) is 4.99 Å². The van der Waals surface area contributed by atoms with E-state index in [1.165, 1.54) is 6.07 Å². The molecule has 0 saturated carbocycles. The smallest absolute Gasteiger partial charge is 0.280 e. The minimum Gasteiger partial charge on any atom is -0.366 e. The molecule has 0 aliphatic carbocycles. The number of carbonyl (C=O) groups is 1. The van der Waals surface area contributed by atoms with Gasteiger partial charge in [0.05, 0.1) is 10.6 Å². The zero-order valence-electron chi connectivity index (χ0n) is 9.29. The Morgan fingerprint density at radius 2 is 1.94 bits per heavy atom. The van der Waals surface area contributed by atoms with E-state index >= 15 is 0 Å². The first kappa shape index (κ1) is 13.0. The second-order valence-corrected chi connectivity index (χ2v) is 4.33. The summed E-state index contributed by atoms with van der Waals surface area (Å²) in [5.74, 6) is 0.254. The number of hydrogen-bond acceptors (Lipinski definition) is 1. The number of rotatable bonds is 1. The van der Waals surface area contributed by atoms with Crippen molar-refractivity contribution in [3.63, 3.8) is 0 Å². The van der Waals surface area contributed by atoms with Crippen LogP contribution in [0.4, 0.5) is 0 Å². The Balaban J connectivity index is 3.02. The Labute approximate surface area is 105 Å². The molecule has 0 fully saturated rings. The number of nitrogens with zero attached hydrogens (tertiary/aromatic N) is 2. The van der Waals surface area contributed by atoms with Crippen molar-refractivity contribution in [3.05, 3.63) is 33.8 Å². The quantitative estimate of drug-likeness (QED) is 0.573. The average molecular weight is 259 g/mol. The van der Waals surface area contributed by atoms with Gasteiger partial charge < -0.3 is 4.90 Å². The van der Waals surface area contributed by atoms with Crippen LogP contribution in [0.1, 0.15) is 17.3 Å². The third-order valence-corrected chi connectivity index (χ3v) is 2.62. The van der Waals surface area contributed by atoms with Crippen molar-refractivity contribution in [2.75, 3.05) is 14.1 Å². The van der Waals surface area contributed by atoms with Gasteiger partial charge in [0.15, 0.2) is 0 Å². The van der Waals surface area contributed by atoms with Gasteiger partial charge >= 0.3 is 0 Å². The fourth-order valence-electron chi connectivity index (χ4n) is 0.970. The molecule has 0 N–H and O–H groups in total. The third kappa shape index (κ3) is 3.22. The van der Waals surface area contributed by atoms with Crippen molar-refractivity contribution in [1.82, 2.24) is 4.90 Å². The van der Waals surface area contributed by atoms with Crippen LogP contribution in [-0.4, -0.2) is 30.7 Å². The monoisotopic (exact) mass is 258 g/mol. The molecule has 0 aliphatic rings. The number of amidine groups is 1. The molecule has 16 heavy (non-hydrogen) atoms. The molecule has 86 valence electrons. The first-order chi connectivity index (χ1) is 7.41. The number of halogens is 2. The van der Waals surface area contributed by atoms with E-state index in [1.54, 1.807) is 24.0 Å². The van der Waals surface area contributed by atoms with Crippen LogP contribution in [0.25, 0.3) is 0 Å². The van der Waals surface area contributed by atoms with Gasteiger partial charge in [-0.25, -0.2) is 0 Å². The lowest BCUT2D eigenvalue weighted by Gasteiger charge is -2.10. The van der Waals surface area contributed by atoms with E-state index in [9.17, 15) is 4.79 Å². The van der Waals surface area contributed by atoms with Gasteiger partial charge in [0.1, 0.15) is 5.84 Å². The summed E-state index contributed by atoms with van der Waals surface area (Å²) in [7, 11) is 3.63. The molecule has 0 radical (unpaired) electrons. The van der Waals surface area contributed by atoms with Crippen molar-refractivity contribution in [2.45, 2.75) is 6.92 Å².